The van der Waals surface area contributed by atoms with Gasteiger partial charge < -0.3 is 15.7 Å². The molecule has 0 spiro atoms. The maximum Gasteiger partial charge on any atom is 0.490 e. The number of benzene rings is 2. The van der Waals surface area contributed by atoms with E-state index in [1.165, 1.54) is 24.0 Å². The third kappa shape index (κ3) is 9.05. The number of hydrogen-bond acceptors (Lipinski definition) is 4. The van der Waals surface area contributed by atoms with Crippen LogP contribution in [0.3, 0.4) is 0 Å². The van der Waals surface area contributed by atoms with E-state index in [9.17, 15) is 22.8 Å². The Morgan fingerprint density at radius 3 is 2.07 bits per heavy atom. The first-order valence-corrected chi connectivity index (χ1v) is 14.0. The zero-order valence-corrected chi connectivity index (χ0v) is 23.9. The van der Waals surface area contributed by atoms with E-state index in [0.717, 1.165) is 32.4 Å². The third-order valence-corrected chi connectivity index (χ3v) is 7.76. The highest BCUT2D eigenvalue weighted by molar-refractivity contribution is 5.92. The predicted molar refractivity (Wildman–Crippen MR) is 150 cm³/mol. The summed E-state index contributed by atoms with van der Waals surface area (Å²) >= 11 is 0. The van der Waals surface area contributed by atoms with Crippen molar-refractivity contribution in [1.29, 1.82) is 0 Å². The Hall–Kier alpha value is -3.40. The Morgan fingerprint density at radius 2 is 1.56 bits per heavy atom. The number of piperidine rings is 1. The molecule has 224 valence electrons. The number of nitrogens with zero attached hydrogens (tertiary/aromatic N) is 2. The van der Waals surface area contributed by atoms with Crippen LogP contribution >= 0.6 is 0 Å². The molecule has 0 radical (unpaired) electrons. The largest absolute Gasteiger partial charge is 0.490 e. The van der Waals surface area contributed by atoms with E-state index >= 15 is 0 Å². The lowest BCUT2D eigenvalue weighted by atomic mass is 9.84. The van der Waals surface area contributed by atoms with Crippen LogP contribution in [-0.4, -0.2) is 64.0 Å². The number of amides is 2. The van der Waals surface area contributed by atoms with Crippen molar-refractivity contribution in [3.05, 3.63) is 71.3 Å². The van der Waals surface area contributed by atoms with Crippen LogP contribution in [0, 0.1) is 5.41 Å². The van der Waals surface area contributed by atoms with Gasteiger partial charge in [0.25, 0.3) is 0 Å². The number of nitrogens with two attached hydrogens (primary N) is 1. The number of carbonyl (C=O) groups is 3. The second kappa shape index (κ2) is 13.5. The average molecular weight is 576 g/mol. The number of hydrogen-bond donors (Lipinski definition) is 2. The van der Waals surface area contributed by atoms with Gasteiger partial charge in [-0.2, -0.15) is 13.2 Å². The summed E-state index contributed by atoms with van der Waals surface area (Å²) in [6.45, 7) is 8.50. The van der Waals surface area contributed by atoms with Gasteiger partial charge in [0.05, 0.1) is 0 Å². The number of carbonyl (C=O) groups excluding carboxylic acids is 2. The minimum absolute atomic E-state index is 0.215. The molecule has 2 bridgehead atoms. The standard InChI is InChI=1S/C29H39N3O2.C2HF3O2/c1-29(2,3)28(34)31(20-21-9-5-4-6-10-21)15-8-16-32-25-13-14-26(32)19-24(18-25)22-11-7-12-23(17-22)27(30)33;3-2(4,5)1(6)7/h4-7,9-12,17,24-26H,8,13-16,18-20H2,1-3H3,(H2,30,33);(H,6,7). The fraction of sp³-hybridized carbons (Fsp3) is 0.516. The van der Waals surface area contributed by atoms with Gasteiger partial charge in [0, 0.05) is 42.7 Å². The molecule has 0 saturated carbocycles. The highest BCUT2D eigenvalue weighted by atomic mass is 19.4. The molecule has 2 amide bonds. The van der Waals surface area contributed by atoms with E-state index in [4.69, 9.17) is 15.6 Å². The summed E-state index contributed by atoms with van der Waals surface area (Å²) < 4.78 is 31.7. The minimum atomic E-state index is -5.08. The summed E-state index contributed by atoms with van der Waals surface area (Å²) in [5.74, 6) is -2.41. The number of primary amides is 1. The maximum atomic E-state index is 13.1. The van der Waals surface area contributed by atoms with E-state index < -0.39 is 12.1 Å². The summed E-state index contributed by atoms with van der Waals surface area (Å²) in [5.41, 5.74) is 8.15. The molecular weight excluding hydrogens is 535 g/mol. The fourth-order valence-electron chi connectivity index (χ4n) is 5.83. The number of rotatable bonds is 8. The van der Waals surface area contributed by atoms with E-state index in [1.807, 2.05) is 56.0 Å². The number of aliphatic carboxylic acids is 1. The van der Waals surface area contributed by atoms with Crippen molar-refractivity contribution in [1.82, 2.24) is 9.80 Å². The summed E-state index contributed by atoms with van der Waals surface area (Å²) in [6, 6.07) is 19.3. The molecule has 2 aliphatic rings. The van der Waals surface area contributed by atoms with Gasteiger partial charge in [-0.05, 0) is 61.3 Å². The molecule has 41 heavy (non-hydrogen) atoms. The lowest BCUT2D eigenvalue weighted by Crippen LogP contribution is -2.44. The topological polar surface area (TPSA) is 104 Å². The van der Waals surface area contributed by atoms with Crippen LogP contribution in [0.15, 0.2) is 54.6 Å². The Bertz CT molecular complexity index is 1180. The van der Waals surface area contributed by atoms with Gasteiger partial charge in [-0.15, -0.1) is 0 Å². The molecule has 2 fully saturated rings. The molecule has 0 aliphatic carbocycles. The lowest BCUT2D eigenvalue weighted by Gasteiger charge is -2.40. The quantitative estimate of drug-likeness (QED) is 0.427. The van der Waals surface area contributed by atoms with Crippen LogP contribution in [0.2, 0.25) is 0 Å². The van der Waals surface area contributed by atoms with Gasteiger partial charge in [0.2, 0.25) is 11.8 Å². The summed E-state index contributed by atoms with van der Waals surface area (Å²) in [4.78, 5) is 38.4. The first kappa shape index (κ1) is 32.1. The Labute approximate surface area is 239 Å². The van der Waals surface area contributed by atoms with Gasteiger partial charge in [-0.3, -0.25) is 14.5 Å². The first-order valence-electron chi connectivity index (χ1n) is 14.0. The molecule has 2 unspecified atom stereocenters. The second-order valence-corrected chi connectivity index (χ2v) is 11.9. The maximum absolute atomic E-state index is 13.1. The molecule has 2 atom stereocenters. The van der Waals surface area contributed by atoms with Crippen LogP contribution in [-0.2, 0) is 16.1 Å². The molecule has 7 nitrogen and oxygen atoms in total. The van der Waals surface area contributed by atoms with Gasteiger partial charge in [-0.25, -0.2) is 4.79 Å². The van der Waals surface area contributed by atoms with E-state index in [2.05, 4.69) is 23.1 Å². The number of alkyl halides is 3. The summed E-state index contributed by atoms with van der Waals surface area (Å²) in [7, 11) is 0. The summed E-state index contributed by atoms with van der Waals surface area (Å²) in [6.07, 6.45) is 0.654. The molecule has 4 rings (SSSR count). The third-order valence-electron chi connectivity index (χ3n) is 7.76. The van der Waals surface area contributed by atoms with Crippen molar-refractivity contribution in [2.45, 2.75) is 83.6 Å². The number of halogens is 3. The van der Waals surface area contributed by atoms with Crippen molar-refractivity contribution in [2.24, 2.45) is 11.1 Å². The Morgan fingerprint density at radius 1 is 0.976 bits per heavy atom. The molecule has 2 aromatic carbocycles. The highest BCUT2D eigenvalue weighted by Gasteiger charge is 2.41. The molecular formula is C31H40F3N3O4. The molecule has 10 heteroatoms. The number of carboxylic acids is 1. The Kier molecular flexibility index (Phi) is 10.6. The zero-order valence-electron chi connectivity index (χ0n) is 23.9. The molecule has 2 aromatic rings. The highest BCUT2D eigenvalue weighted by Crippen LogP contribution is 2.43. The van der Waals surface area contributed by atoms with Crippen LogP contribution in [0.5, 0.6) is 0 Å². The smallest absolute Gasteiger partial charge is 0.475 e. The molecule has 2 heterocycles. The van der Waals surface area contributed by atoms with Crippen LogP contribution < -0.4 is 5.73 Å². The molecule has 2 aliphatic heterocycles. The normalized spacial score (nSPS) is 20.6. The number of fused-ring (bicyclic) bond motifs is 2. The molecule has 3 N–H and O–H groups in total. The predicted octanol–water partition coefficient (Wildman–Crippen LogP) is 5.59. The van der Waals surface area contributed by atoms with Crippen LogP contribution in [0.25, 0.3) is 0 Å². The van der Waals surface area contributed by atoms with Gasteiger partial charge in [0.15, 0.2) is 0 Å². The van der Waals surface area contributed by atoms with E-state index in [1.54, 1.807) is 6.07 Å². The van der Waals surface area contributed by atoms with Gasteiger partial charge in [-0.1, -0.05) is 63.2 Å². The van der Waals surface area contributed by atoms with Crippen LogP contribution in [0.1, 0.15) is 80.3 Å². The van der Waals surface area contributed by atoms with Crippen LogP contribution in [0.4, 0.5) is 13.2 Å². The van der Waals surface area contributed by atoms with Gasteiger partial charge in [0.1, 0.15) is 0 Å². The summed E-state index contributed by atoms with van der Waals surface area (Å²) in [5, 5.41) is 7.12. The molecule has 2 saturated heterocycles. The fourth-order valence-corrected chi connectivity index (χ4v) is 5.83. The lowest BCUT2D eigenvalue weighted by molar-refractivity contribution is -0.192. The van der Waals surface area contributed by atoms with Crippen molar-refractivity contribution in [3.63, 3.8) is 0 Å². The Balaban J connectivity index is 0.000000587. The van der Waals surface area contributed by atoms with Gasteiger partial charge >= 0.3 is 12.1 Å². The minimum Gasteiger partial charge on any atom is -0.475 e. The van der Waals surface area contributed by atoms with Crippen molar-refractivity contribution < 1.29 is 32.7 Å². The SMILES string of the molecule is CC(C)(C)C(=O)N(CCCN1C2CCC1CC(c1cccc(C(N)=O)c1)C2)Cc1ccccc1.O=C(O)C(F)(F)F. The molecule has 0 aromatic heterocycles. The second-order valence-electron chi connectivity index (χ2n) is 11.9. The zero-order chi connectivity index (χ0) is 30.4. The number of carboxylic acid groups (broad SMARTS) is 1. The van der Waals surface area contributed by atoms with Crippen molar-refractivity contribution >= 4 is 17.8 Å². The average Bonchev–Trinajstić information content (AvgIpc) is 3.13. The van der Waals surface area contributed by atoms with Crippen molar-refractivity contribution in [2.75, 3.05) is 13.1 Å². The van der Waals surface area contributed by atoms with E-state index in [0.29, 0.717) is 30.1 Å². The monoisotopic (exact) mass is 575 g/mol. The first-order chi connectivity index (χ1) is 19.2. The van der Waals surface area contributed by atoms with Crippen molar-refractivity contribution in [3.8, 4) is 0 Å². The van der Waals surface area contributed by atoms with E-state index in [-0.39, 0.29) is 17.2 Å².